The van der Waals surface area contributed by atoms with Gasteiger partial charge in [0.1, 0.15) is 35.0 Å². The van der Waals surface area contributed by atoms with Crippen LogP contribution in [0.1, 0.15) is 122 Å². The van der Waals surface area contributed by atoms with Crippen molar-refractivity contribution in [2.24, 2.45) is 17.8 Å². The van der Waals surface area contributed by atoms with Crippen molar-refractivity contribution in [1.82, 2.24) is 40.7 Å². The topological polar surface area (TPSA) is 273 Å². The Morgan fingerprint density at radius 2 is 1.63 bits per heavy atom. The predicted molar refractivity (Wildman–Crippen MR) is 289 cm³/mol. The van der Waals surface area contributed by atoms with Crippen LogP contribution in [0.5, 0.6) is 0 Å². The largest absolute Gasteiger partial charge is 0.458 e. The number of anilines is 1. The van der Waals surface area contributed by atoms with E-state index >= 15 is 0 Å². The average Bonchev–Trinajstić information content (AvgIpc) is 3.93. The fourth-order valence-electron chi connectivity index (χ4n) is 10.7. The molecule has 5 N–H and O–H groups in total. The number of ether oxygens (including phenoxy) is 7. The molecule has 1 aromatic carbocycles. The first-order chi connectivity index (χ1) is 36.4. The highest BCUT2D eigenvalue weighted by Crippen LogP contribution is 2.40. The first-order valence-corrected chi connectivity index (χ1v) is 27.3. The summed E-state index contributed by atoms with van der Waals surface area (Å²) in [4.78, 5) is 84.0. The number of ketones is 1. The number of esters is 1. The minimum atomic E-state index is -1.33. The molecule has 3 aliphatic heterocycles. The summed E-state index contributed by atoms with van der Waals surface area (Å²) >= 11 is 0. The molecule has 0 spiro atoms. The molecule has 4 heterocycles. The maximum Gasteiger partial charge on any atom is 0.412 e. The van der Waals surface area contributed by atoms with Gasteiger partial charge in [0.15, 0.2) is 17.7 Å². The third-order valence-electron chi connectivity index (χ3n) is 14.6. The number of alkyl carbamates (subject to hydrolysis) is 1. The standard InChI is InChI=1S/C55H89N9O14/c1-17-41-55(13)45(64(51(71)78-55)24-19-18-23-63-31-39(60-61-63)36-21-20-22-37(25-36)59-50(70)77-53(9,10)11)35(5)56-28-32(2)27-54(12,72-16)46(33(3)43(66)34(4)47(68)74-41)75-48-44(67)40(62(14)15)26-38(73-48)29-57-42(65)30-58-49(69)76-52(6,7)8/h20-22,25,31-35,38,40-41,44-46,48,56,67H,17-19,23-24,26-30H2,1-16H3,(H,57,65)(H,58,69)(H,59,70)/t32-,33+,34-,35-,38?,40?,41-,44?,45-,46-,48+,54-,55-/m1/s1. The summed E-state index contributed by atoms with van der Waals surface area (Å²) in [5.41, 5.74) is -2.01. The second-order valence-electron chi connectivity index (χ2n) is 23.8. The van der Waals surface area contributed by atoms with E-state index in [1.165, 1.54) is 14.0 Å². The number of methoxy groups -OCH3 is 1. The number of hydrogen-bond acceptors (Lipinski definition) is 18. The van der Waals surface area contributed by atoms with Crippen molar-refractivity contribution in [2.45, 2.75) is 200 Å². The van der Waals surface area contributed by atoms with Crippen LogP contribution in [0.4, 0.5) is 20.1 Å². The molecule has 0 aliphatic carbocycles. The normalized spacial score (nSPS) is 30.6. The van der Waals surface area contributed by atoms with Gasteiger partial charge in [0, 0.05) is 56.0 Å². The Hall–Kier alpha value is -5.46. The lowest BCUT2D eigenvalue weighted by molar-refractivity contribution is -0.296. The van der Waals surface area contributed by atoms with Crippen molar-refractivity contribution in [3.8, 4) is 11.3 Å². The van der Waals surface area contributed by atoms with E-state index in [4.69, 9.17) is 33.2 Å². The summed E-state index contributed by atoms with van der Waals surface area (Å²) in [7, 11) is 5.14. The van der Waals surface area contributed by atoms with E-state index in [0.717, 1.165) is 5.56 Å². The van der Waals surface area contributed by atoms with Gasteiger partial charge in [-0.1, -0.05) is 38.1 Å². The maximum atomic E-state index is 14.7. The molecule has 23 heteroatoms. The number of amides is 4. The van der Waals surface area contributed by atoms with Gasteiger partial charge in [0.25, 0.3) is 0 Å². The van der Waals surface area contributed by atoms with Crippen LogP contribution in [0.25, 0.3) is 11.3 Å². The Bertz CT molecular complexity index is 2370. The minimum absolute atomic E-state index is 0.0152. The van der Waals surface area contributed by atoms with Crippen molar-refractivity contribution in [1.29, 1.82) is 0 Å². The van der Waals surface area contributed by atoms with Gasteiger partial charge >= 0.3 is 24.2 Å². The number of nitrogens with zero attached hydrogens (tertiary/aromatic N) is 5. The number of likely N-dealkylation sites (N-methyl/N-ethyl adjacent to an activating group) is 1. The number of aliphatic hydroxyl groups is 1. The molecule has 13 atom stereocenters. The number of carbonyl (C=O) groups excluding carboxylic acids is 6. The van der Waals surface area contributed by atoms with Crippen LogP contribution in [-0.4, -0.2) is 184 Å². The maximum absolute atomic E-state index is 14.7. The number of Topliss-reactive ketones (excluding diaryl/α,β-unsaturated/α-hetero) is 1. The number of aliphatic hydroxyl groups excluding tert-OH is 1. The summed E-state index contributed by atoms with van der Waals surface area (Å²) in [6, 6.07) is 5.73. The van der Waals surface area contributed by atoms with Gasteiger partial charge in [-0.2, -0.15) is 0 Å². The predicted octanol–water partition coefficient (Wildman–Crippen LogP) is 5.67. The highest BCUT2D eigenvalue weighted by atomic mass is 16.7. The second kappa shape index (κ2) is 26.7. The fraction of sp³-hybridized carbons (Fsp3) is 0.745. The number of cyclic esters (lactones) is 1. The molecule has 3 saturated heterocycles. The van der Waals surface area contributed by atoms with Crippen LogP contribution in [-0.2, 0) is 54.1 Å². The number of benzene rings is 1. The van der Waals surface area contributed by atoms with E-state index in [0.29, 0.717) is 56.7 Å². The fourth-order valence-corrected chi connectivity index (χ4v) is 10.7. The molecule has 23 nitrogen and oxygen atoms in total. The van der Waals surface area contributed by atoms with E-state index in [1.807, 2.05) is 65.0 Å². The lowest BCUT2D eigenvalue weighted by atomic mass is 9.78. The van der Waals surface area contributed by atoms with E-state index < -0.39 is 119 Å². The lowest BCUT2D eigenvalue weighted by Gasteiger charge is -2.47. The quantitative estimate of drug-likeness (QED) is 0.0586. The van der Waals surface area contributed by atoms with Gasteiger partial charge in [0.05, 0.1) is 36.6 Å². The number of hydrogen-bond donors (Lipinski definition) is 5. The van der Waals surface area contributed by atoms with E-state index in [1.54, 1.807) is 77.1 Å². The van der Waals surface area contributed by atoms with Crippen molar-refractivity contribution in [2.75, 3.05) is 52.7 Å². The second-order valence-corrected chi connectivity index (χ2v) is 23.8. The Labute approximate surface area is 460 Å². The summed E-state index contributed by atoms with van der Waals surface area (Å²) in [5.74, 6) is -4.23. The van der Waals surface area contributed by atoms with Crippen LogP contribution in [0, 0.1) is 17.8 Å². The van der Waals surface area contributed by atoms with Crippen molar-refractivity contribution >= 4 is 41.6 Å². The van der Waals surface area contributed by atoms with Crippen molar-refractivity contribution < 1.29 is 67.0 Å². The SMILES string of the molecule is CC[C@H]1OC(=O)[C@H](C)C(=O)[C@H](C)[C@@H](O[C@@H]2OC(CNC(=O)CNC(=O)OC(C)(C)C)CC(N(C)C)C2O)[C@](C)(OC)C[C@@H](C)CN[C@H](C)[C@H]2N(CCCCn3cc(-c4cccc(NC(=O)OC(C)(C)C)c4)nn3)C(=O)O[C@]12C. The zero-order chi connectivity index (χ0) is 58.1. The van der Waals surface area contributed by atoms with E-state index in [9.17, 15) is 33.9 Å². The molecule has 1 aromatic heterocycles. The number of unbranched alkanes of at least 4 members (excludes halogenated alkanes) is 1. The molecular formula is C55H89N9O14. The first kappa shape index (κ1) is 63.4. The summed E-state index contributed by atoms with van der Waals surface area (Å²) in [6.45, 7) is 24.1. The number of carbonyl (C=O) groups is 6. The van der Waals surface area contributed by atoms with Gasteiger partial charge in [-0.3, -0.25) is 29.3 Å². The molecule has 3 unspecified atom stereocenters. The smallest absolute Gasteiger partial charge is 0.412 e. The third kappa shape index (κ3) is 16.8. The Kier molecular flexibility index (Phi) is 21.7. The zero-order valence-electron chi connectivity index (χ0n) is 48.8. The number of aromatic nitrogens is 3. The minimum Gasteiger partial charge on any atom is -0.458 e. The average molecular weight is 1100 g/mol. The number of nitrogens with one attached hydrogen (secondary N) is 4. The summed E-state index contributed by atoms with van der Waals surface area (Å²) in [5, 5.41) is 32.2. The number of fused-ring (bicyclic) bond motifs is 1. The van der Waals surface area contributed by atoms with Gasteiger partial charge in [0.2, 0.25) is 5.91 Å². The molecule has 0 radical (unpaired) electrons. The summed E-state index contributed by atoms with van der Waals surface area (Å²) < 4.78 is 44.4. The Balaban J connectivity index is 1.32. The van der Waals surface area contributed by atoms with Crippen LogP contribution in [0.15, 0.2) is 30.5 Å². The highest BCUT2D eigenvalue weighted by molar-refractivity contribution is 6.00. The van der Waals surface area contributed by atoms with E-state index in [-0.39, 0.29) is 25.4 Å². The van der Waals surface area contributed by atoms with Crippen LogP contribution in [0.3, 0.4) is 0 Å². The molecule has 0 bridgehead atoms. The lowest BCUT2D eigenvalue weighted by Crippen LogP contribution is -2.61. The zero-order valence-corrected chi connectivity index (χ0v) is 48.8. The van der Waals surface area contributed by atoms with Crippen LogP contribution in [0.2, 0.25) is 0 Å². The molecular weight excluding hydrogens is 1010 g/mol. The molecule has 0 saturated carbocycles. The van der Waals surface area contributed by atoms with E-state index in [2.05, 4.69) is 31.6 Å². The van der Waals surface area contributed by atoms with Crippen molar-refractivity contribution in [3.63, 3.8) is 0 Å². The van der Waals surface area contributed by atoms with Gasteiger partial charge in [-0.25, -0.2) is 14.4 Å². The Morgan fingerprint density at radius 3 is 2.27 bits per heavy atom. The third-order valence-corrected chi connectivity index (χ3v) is 14.6. The number of rotatable bonds is 16. The summed E-state index contributed by atoms with van der Waals surface area (Å²) in [6.07, 6.45) is -3.11. The molecule has 4 amide bonds. The molecule has 2 aromatic rings. The number of aryl methyl sites for hydroxylation is 1. The highest BCUT2D eigenvalue weighted by Gasteiger charge is 2.59. The van der Waals surface area contributed by atoms with Crippen molar-refractivity contribution in [3.05, 3.63) is 30.5 Å². The van der Waals surface area contributed by atoms with Gasteiger partial charge < -0.3 is 59.1 Å². The monoisotopic (exact) mass is 1100 g/mol. The first-order valence-electron chi connectivity index (χ1n) is 27.3. The van der Waals surface area contributed by atoms with Gasteiger partial charge in [-0.05, 0) is 140 Å². The molecule has 438 valence electrons. The molecule has 3 aliphatic rings. The molecule has 3 fully saturated rings. The Morgan fingerprint density at radius 1 is 0.962 bits per heavy atom. The molecule has 5 rings (SSSR count). The van der Waals surface area contributed by atoms with Crippen LogP contribution < -0.4 is 21.3 Å². The van der Waals surface area contributed by atoms with Gasteiger partial charge in [-0.15, -0.1) is 5.10 Å². The molecule has 78 heavy (non-hydrogen) atoms. The van der Waals surface area contributed by atoms with Crippen LogP contribution >= 0.6 is 0 Å².